The number of hydrogen-bond acceptors (Lipinski definition) is 5. The normalized spacial score (nSPS) is 13.1. The Morgan fingerprint density at radius 2 is 1.68 bits per heavy atom. The molecule has 3 aromatic rings. The van der Waals surface area contributed by atoms with Gasteiger partial charge < -0.3 is 4.74 Å². The summed E-state index contributed by atoms with van der Waals surface area (Å²) in [6.45, 7) is -3.36. The zero-order valence-corrected chi connectivity index (χ0v) is 14.7. The number of ether oxygens (including phenoxy) is 1. The second-order valence-electron chi connectivity index (χ2n) is 5.98. The summed E-state index contributed by atoms with van der Waals surface area (Å²) in [5.41, 5.74) is -5.78. The van der Waals surface area contributed by atoms with Crippen LogP contribution < -0.4 is 10.3 Å². The fraction of sp³-hybridized carbons (Fsp3) is 0.333. The predicted octanol–water partition coefficient (Wildman–Crippen LogP) is 3.48. The Labute approximate surface area is 164 Å². The van der Waals surface area contributed by atoms with Crippen molar-refractivity contribution >= 4 is 5.65 Å². The smallest absolute Gasteiger partial charge is 0.455 e. The summed E-state index contributed by atoms with van der Waals surface area (Å²) in [5, 5.41) is 6.68. The molecule has 16 heteroatoms. The van der Waals surface area contributed by atoms with Gasteiger partial charge in [0.1, 0.15) is 12.3 Å². The second kappa shape index (κ2) is 7.42. The summed E-state index contributed by atoms with van der Waals surface area (Å²) in [5.74, 6) is -5.56. The third-order valence-electron chi connectivity index (χ3n) is 3.85. The summed E-state index contributed by atoms with van der Waals surface area (Å²) in [7, 11) is 0. The molecule has 0 aromatic carbocycles. The van der Waals surface area contributed by atoms with Gasteiger partial charge in [0.25, 0.3) is 5.56 Å². The predicted molar refractivity (Wildman–Crippen MR) is 83.1 cm³/mol. The minimum absolute atomic E-state index is 0.0445. The van der Waals surface area contributed by atoms with Crippen LogP contribution in [0.1, 0.15) is 5.69 Å². The Hall–Kier alpha value is -3.33. The van der Waals surface area contributed by atoms with Crippen molar-refractivity contribution in [3.63, 3.8) is 0 Å². The first-order chi connectivity index (χ1) is 14.2. The molecule has 0 aliphatic heterocycles. The van der Waals surface area contributed by atoms with Crippen LogP contribution in [0.2, 0.25) is 0 Å². The van der Waals surface area contributed by atoms with E-state index in [4.69, 9.17) is 0 Å². The summed E-state index contributed by atoms with van der Waals surface area (Å²) >= 11 is 0. The highest BCUT2D eigenvalue weighted by molar-refractivity contribution is 5.66. The number of halogens is 9. The molecule has 0 atom stereocenters. The van der Waals surface area contributed by atoms with Gasteiger partial charge >= 0.3 is 18.3 Å². The Bertz CT molecular complexity index is 1170. The molecule has 0 bridgehead atoms. The van der Waals surface area contributed by atoms with Crippen LogP contribution in [-0.2, 0) is 12.7 Å². The lowest BCUT2D eigenvalue weighted by Gasteiger charge is -2.19. The van der Waals surface area contributed by atoms with Crippen LogP contribution in [0, 0.1) is 0 Å². The highest BCUT2D eigenvalue weighted by atomic mass is 19.4. The van der Waals surface area contributed by atoms with Gasteiger partial charge in [0, 0.05) is 17.8 Å². The highest BCUT2D eigenvalue weighted by Crippen LogP contribution is 2.37. The molecule has 0 fully saturated rings. The van der Waals surface area contributed by atoms with E-state index in [-0.39, 0.29) is 10.4 Å². The van der Waals surface area contributed by atoms with Crippen LogP contribution in [0.15, 0.2) is 29.5 Å². The van der Waals surface area contributed by atoms with E-state index in [9.17, 15) is 44.3 Å². The molecular weight excluding hydrogens is 453 g/mol. The topological polar surface area (TPSA) is 74.3 Å². The molecule has 31 heavy (non-hydrogen) atoms. The van der Waals surface area contributed by atoms with E-state index in [1.54, 1.807) is 0 Å². The first kappa shape index (κ1) is 22.4. The molecule has 3 rings (SSSR count). The first-order valence-electron chi connectivity index (χ1n) is 7.91. The lowest BCUT2D eigenvalue weighted by atomic mass is 10.1. The molecule has 168 valence electrons. The average Bonchev–Trinajstić information content (AvgIpc) is 3.07. The van der Waals surface area contributed by atoms with E-state index in [0.717, 1.165) is 12.3 Å². The maximum absolute atomic E-state index is 13.5. The molecular formula is C15H8F9N5O2. The van der Waals surface area contributed by atoms with E-state index >= 15 is 0 Å². The van der Waals surface area contributed by atoms with E-state index in [1.807, 2.05) is 0 Å². The molecule has 0 saturated carbocycles. The molecule has 0 saturated heterocycles. The summed E-state index contributed by atoms with van der Waals surface area (Å²) in [6.07, 6.45) is -9.44. The van der Waals surface area contributed by atoms with E-state index in [1.165, 1.54) is 0 Å². The molecule has 0 radical (unpaired) electrons. The molecule has 0 aliphatic carbocycles. The summed E-state index contributed by atoms with van der Waals surface area (Å²) < 4.78 is 121. The van der Waals surface area contributed by atoms with Crippen LogP contribution in [0.25, 0.3) is 16.8 Å². The molecule has 3 aromatic heterocycles. The highest BCUT2D eigenvalue weighted by Gasteiger charge is 2.57. The van der Waals surface area contributed by atoms with Crippen molar-refractivity contribution in [2.45, 2.75) is 24.8 Å². The van der Waals surface area contributed by atoms with E-state index < -0.39 is 59.7 Å². The second-order valence-corrected chi connectivity index (χ2v) is 5.98. The van der Waals surface area contributed by atoms with Crippen molar-refractivity contribution in [2.75, 3.05) is 6.86 Å². The fourth-order valence-corrected chi connectivity index (χ4v) is 2.49. The van der Waals surface area contributed by atoms with Crippen LogP contribution in [0.4, 0.5) is 39.5 Å². The summed E-state index contributed by atoms with van der Waals surface area (Å²) in [4.78, 5) is 15.9. The van der Waals surface area contributed by atoms with Crippen molar-refractivity contribution in [1.29, 1.82) is 0 Å². The quantitative estimate of drug-likeness (QED) is 0.545. The number of rotatable bonds is 5. The molecule has 0 N–H and O–H groups in total. The maximum Gasteiger partial charge on any atom is 0.455 e. The maximum atomic E-state index is 13.5. The number of alkyl halides is 9. The SMILES string of the molecule is O=c1c(-c2cnn(CC(F)(F)C(F)(F)F)c2)c(C(F)(F)F)nc2cc(OCF)cnn12. The Kier molecular flexibility index (Phi) is 5.35. The molecule has 0 amide bonds. The van der Waals surface area contributed by atoms with Crippen LogP contribution in [0.5, 0.6) is 5.75 Å². The Morgan fingerprint density at radius 1 is 1.00 bits per heavy atom. The minimum Gasteiger partial charge on any atom is -0.461 e. The van der Waals surface area contributed by atoms with Gasteiger partial charge in [0.15, 0.2) is 11.3 Å². The van der Waals surface area contributed by atoms with Crippen LogP contribution in [-0.4, -0.2) is 43.3 Å². The lowest BCUT2D eigenvalue weighted by Crippen LogP contribution is -2.40. The number of fused-ring (bicyclic) bond motifs is 1. The van der Waals surface area contributed by atoms with Gasteiger partial charge in [-0.2, -0.15) is 49.8 Å². The zero-order chi connectivity index (χ0) is 23.2. The number of aromatic nitrogens is 5. The van der Waals surface area contributed by atoms with Gasteiger partial charge in [-0.3, -0.25) is 9.48 Å². The summed E-state index contributed by atoms with van der Waals surface area (Å²) in [6, 6.07) is 0.792. The van der Waals surface area contributed by atoms with Gasteiger partial charge in [-0.25, -0.2) is 9.37 Å². The molecule has 0 unspecified atom stereocenters. The Balaban J connectivity index is 2.16. The van der Waals surface area contributed by atoms with Crippen molar-refractivity contribution < 1.29 is 44.3 Å². The lowest BCUT2D eigenvalue weighted by molar-refractivity contribution is -0.287. The fourth-order valence-electron chi connectivity index (χ4n) is 2.49. The van der Waals surface area contributed by atoms with Crippen LogP contribution >= 0.6 is 0 Å². The Morgan fingerprint density at radius 3 is 2.26 bits per heavy atom. The van der Waals surface area contributed by atoms with Gasteiger partial charge in [0.05, 0.1) is 18.0 Å². The molecule has 7 nitrogen and oxygen atoms in total. The standard InChI is InChI=1S/C15H8F9N5O2/c16-6-31-8-1-9-27-11(14(19,20)21)10(12(30)29(9)26-3-8)7-2-25-28(4-7)5-13(17,18)15(22,23)24/h1-4H,5-6H2. The molecule has 0 aliphatic rings. The zero-order valence-electron chi connectivity index (χ0n) is 14.7. The number of hydrogen-bond donors (Lipinski definition) is 0. The van der Waals surface area contributed by atoms with Crippen molar-refractivity contribution in [3.8, 4) is 16.9 Å². The third kappa shape index (κ3) is 4.27. The van der Waals surface area contributed by atoms with Gasteiger partial charge in [-0.05, 0) is 0 Å². The minimum atomic E-state index is -5.93. The monoisotopic (exact) mass is 461 g/mol. The first-order valence-corrected chi connectivity index (χ1v) is 7.91. The van der Waals surface area contributed by atoms with E-state index in [0.29, 0.717) is 16.9 Å². The largest absolute Gasteiger partial charge is 0.461 e. The van der Waals surface area contributed by atoms with Crippen molar-refractivity contribution in [3.05, 3.63) is 40.7 Å². The van der Waals surface area contributed by atoms with Gasteiger partial charge in [0.2, 0.25) is 6.86 Å². The van der Waals surface area contributed by atoms with E-state index in [2.05, 4.69) is 19.9 Å². The van der Waals surface area contributed by atoms with Crippen LogP contribution in [0.3, 0.4) is 0 Å². The average molecular weight is 461 g/mol. The third-order valence-corrected chi connectivity index (χ3v) is 3.85. The molecule has 0 spiro atoms. The van der Waals surface area contributed by atoms with Crippen molar-refractivity contribution in [2.24, 2.45) is 0 Å². The number of nitrogens with zero attached hydrogens (tertiary/aromatic N) is 5. The van der Waals surface area contributed by atoms with Gasteiger partial charge in [-0.15, -0.1) is 0 Å². The van der Waals surface area contributed by atoms with Crippen molar-refractivity contribution in [1.82, 2.24) is 24.4 Å². The van der Waals surface area contributed by atoms with Gasteiger partial charge in [-0.1, -0.05) is 0 Å². The molecule has 3 heterocycles.